The standard InChI is InChI=1S/C9H13NOS/c10-6-9(2-3-9)8(11)7-1-4-12-5-7/h1,4-5,8,11H,2-3,6,10H2. The van der Waals surface area contributed by atoms with Crippen LogP contribution in [0.2, 0.25) is 0 Å². The van der Waals surface area contributed by atoms with Crippen molar-refractivity contribution in [3.8, 4) is 0 Å². The zero-order chi connectivity index (χ0) is 8.60. The Morgan fingerprint density at radius 2 is 2.42 bits per heavy atom. The van der Waals surface area contributed by atoms with Crippen LogP contribution in [0.5, 0.6) is 0 Å². The third-order valence-electron chi connectivity index (χ3n) is 2.74. The molecular weight excluding hydrogens is 170 g/mol. The van der Waals surface area contributed by atoms with Gasteiger partial charge in [-0.2, -0.15) is 11.3 Å². The van der Waals surface area contributed by atoms with Gasteiger partial charge in [0, 0.05) is 12.0 Å². The Kier molecular flexibility index (Phi) is 1.94. The van der Waals surface area contributed by atoms with Crippen LogP contribution in [0, 0.1) is 5.41 Å². The molecule has 1 aliphatic carbocycles. The number of hydrogen-bond acceptors (Lipinski definition) is 3. The van der Waals surface area contributed by atoms with Crippen molar-refractivity contribution in [3.05, 3.63) is 22.4 Å². The van der Waals surface area contributed by atoms with E-state index in [0.29, 0.717) is 6.54 Å². The van der Waals surface area contributed by atoms with Crippen molar-refractivity contribution in [1.82, 2.24) is 0 Å². The van der Waals surface area contributed by atoms with Crippen molar-refractivity contribution in [2.75, 3.05) is 6.54 Å². The second-order valence-electron chi connectivity index (χ2n) is 3.53. The van der Waals surface area contributed by atoms with Gasteiger partial charge in [-0.25, -0.2) is 0 Å². The fourth-order valence-electron chi connectivity index (χ4n) is 1.53. The van der Waals surface area contributed by atoms with Crippen LogP contribution in [0.4, 0.5) is 0 Å². The highest BCUT2D eigenvalue weighted by Crippen LogP contribution is 2.54. The van der Waals surface area contributed by atoms with Crippen LogP contribution in [0.3, 0.4) is 0 Å². The van der Waals surface area contributed by atoms with E-state index < -0.39 is 0 Å². The molecule has 1 heterocycles. The van der Waals surface area contributed by atoms with Gasteiger partial charge in [-0.15, -0.1) is 0 Å². The molecule has 66 valence electrons. The molecule has 1 saturated carbocycles. The zero-order valence-electron chi connectivity index (χ0n) is 6.86. The Bertz CT molecular complexity index is 254. The summed E-state index contributed by atoms with van der Waals surface area (Å²) in [6.07, 6.45) is 1.80. The summed E-state index contributed by atoms with van der Waals surface area (Å²) in [5.74, 6) is 0. The highest BCUT2D eigenvalue weighted by Gasteiger charge is 2.48. The highest BCUT2D eigenvalue weighted by molar-refractivity contribution is 7.07. The molecular formula is C9H13NOS. The molecule has 12 heavy (non-hydrogen) atoms. The molecule has 0 spiro atoms. The average Bonchev–Trinajstić information content (AvgIpc) is 2.71. The first-order valence-corrected chi connectivity index (χ1v) is 5.13. The predicted octanol–water partition coefficient (Wildman–Crippen LogP) is 1.52. The Hall–Kier alpha value is -0.380. The topological polar surface area (TPSA) is 46.2 Å². The summed E-state index contributed by atoms with van der Waals surface area (Å²) in [7, 11) is 0. The Balaban J connectivity index is 2.15. The van der Waals surface area contributed by atoms with Gasteiger partial charge in [0.25, 0.3) is 0 Å². The second kappa shape index (κ2) is 2.83. The molecule has 1 unspecified atom stereocenters. The summed E-state index contributed by atoms with van der Waals surface area (Å²) in [5.41, 5.74) is 6.66. The van der Waals surface area contributed by atoms with Crippen LogP contribution in [0.25, 0.3) is 0 Å². The lowest BCUT2D eigenvalue weighted by Crippen LogP contribution is -2.22. The molecule has 3 N–H and O–H groups in total. The van der Waals surface area contributed by atoms with Crippen LogP contribution in [0.15, 0.2) is 16.8 Å². The molecule has 2 rings (SSSR count). The predicted molar refractivity (Wildman–Crippen MR) is 50.0 cm³/mol. The normalized spacial score (nSPS) is 22.2. The second-order valence-corrected chi connectivity index (χ2v) is 4.31. The number of thiophene rings is 1. The minimum Gasteiger partial charge on any atom is -0.388 e. The van der Waals surface area contributed by atoms with Crippen molar-refractivity contribution < 1.29 is 5.11 Å². The number of aliphatic hydroxyl groups excluding tert-OH is 1. The first kappa shape index (κ1) is 8.23. The smallest absolute Gasteiger partial charge is 0.0866 e. The molecule has 0 aliphatic heterocycles. The number of nitrogens with two attached hydrogens (primary N) is 1. The van der Waals surface area contributed by atoms with Crippen LogP contribution >= 0.6 is 11.3 Å². The summed E-state index contributed by atoms with van der Waals surface area (Å²) in [6.45, 7) is 0.601. The number of hydrogen-bond donors (Lipinski definition) is 2. The Morgan fingerprint density at radius 3 is 2.83 bits per heavy atom. The van der Waals surface area contributed by atoms with Gasteiger partial charge in [0.05, 0.1) is 6.10 Å². The van der Waals surface area contributed by atoms with Crippen LogP contribution < -0.4 is 5.73 Å². The van der Waals surface area contributed by atoms with Crippen LogP contribution in [0.1, 0.15) is 24.5 Å². The summed E-state index contributed by atoms with van der Waals surface area (Å²) in [5, 5.41) is 13.9. The van der Waals surface area contributed by atoms with Crippen LogP contribution in [-0.2, 0) is 0 Å². The lowest BCUT2D eigenvalue weighted by atomic mass is 9.95. The van der Waals surface area contributed by atoms with E-state index in [1.165, 1.54) is 0 Å². The van der Waals surface area contributed by atoms with E-state index >= 15 is 0 Å². The zero-order valence-corrected chi connectivity index (χ0v) is 7.68. The van der Waals surface area contributed by atoms with E-state index in [9.17, 15) is 5.11 Å². The molecule has 0 amide bonds. The SMILES string of the molecule is NCC1(C(O)c2ccsc2)CC1. The van der Waals surface area contributed by atoms with E-state index in [1.807, 2.05) is 16.8 Å². The maximum Gasteiger partial charge on any atom is 0.0866 e. The molecule has 1 atom stereocenters. The summed E-state index contributed by atoms with van der Waals surface area (Å²) in [4.78, 5) is 0. The Labute approximate surface area is 76.0 Å². The van der Waals surface area contributed by atoms with Crippen molar-refractivity contribution in [2.24, 2.45) is 11.1 Å². The first-order chi connectivity index (χ1) is 5.78. The fourth-order valence-corrected chi connectivity index (χ4v) is 2.21. The fraction of sp³-hybridized carbons (Fsp3) is 0.556. The molecule has 1 aliphatic rings. The quantitative estimate of drug-likeness (QED) is 0.746. The van der Waals surface area contributed by atoms with E-state index in [2.05, 4.69) is 0 Å². The largest absolute Gasteiger partial charge is 0.388 e. The molecule has 1 aromatic rings. The van der Waals surface area contributed by atoms with Crippen molar-refractivity contribution >= 4 is 11.3 Å². The van der Waals surface area contributed by atoms with Gasteiger partial charge in [-0.05, 0) is 35.2 Å². The summed E-state index contributed by atoms with van der Waals surface area (Å²) < 4.78 is 0. The minimum absolute atomic E-state index is 0.0150. The van der Waals surface area contributed by atoms with Gasteiger partial charge in [0.1, 0.15) is 0 Å². The van der Waals surface area contributed by atoms with Gasteiger partial charge in [0.15, 0.2) is 0 Å². The monoisotopic (exact) mass is 183 g/mol. The van der Waals surface area contributed by atoms with Crippen molar-refractivity contribution in [2.45, 2.75) is 18.9 Å². The molecule has 3 heteroatoms. The summed E-state index contributed by atoms with van der Waals surface area (Å²) >= 11 is 1.62. The maximum absolute atomic E-state index is 9.93. The molecule has 1 fully saturated rings. The molecule has 0 aromatic carbocycles. The van der Waals surface area contributed by atoms with Gasteiger partial charge in [0.2, 0.25) is 0 Å². The minimum atomic E-state index is -0.339. The maximum atomic E-state index is 9.93. The lowest BCUT2D eigenvalue weighted by Gasteiger charge is -2.19. The van der Waals surface area contributed by atoms with Gasteiger partial charge < -0.3 is 10.8 Å². The molecule has 1 aromatic heterocycles. The van der Waals surface area contributed by atoms with Crippen LogP contribution in [-0.4, -0.2) is 11.7 Å². The van der Waals surface area contributed by atoms with Crippen molar-refractivity contribution in [1.29, 1.82) is 0 Å². The number of rotatable bonds is 3. The van der Waals surface area contributed by atoms with Gasteiger partial charge in [-0.1, -0.05) is 0 Å². The van der Waals surface area contributed by atoms with E-state index in [-0.39, 0.29) is 11.5 Å². The highest BCUT2D eigenvalue weighted by atomic mass is 32.1. The first-order valence-electron chi connectivity index (χ1n) is 4.19. The molecule has 0 radical (unpaired) electrons. The van der Waals surface area contributed by atoms with E-state index in [1.54, 1.807) is 11.3 Å². The average molecular weight is 183 g/mol. The van der Waals surface area contributed by atoms with Crippen molar-refractivity contribution in [3.63, 3.8) is 0 Å². The lowest BCUT2D eigenvalue weighted by molar-refractivity contribution is 0.0979. The van der Waals surface area contributed by atoms with Gasteiger partial charge >= 0.3 is 0 Å². The third-order valence-corrected chi connectivity index (χ3v) is 3.44. The molecule has 0 bridgehead atoms. The third kappa shape index (κ3) is 1.18. The van der Waals surface area contributed by atoms with Gasteiger partial charge in [-0.3, -0.25) is 0 Å². The number of aliphatic hydroxyl groups is 1. The van der Waals surface area contributed by atoms with E-state index in [4.69, 9.17) is 5.73 Å². The molecule has 0 saturated heterocycles. The molecule has 2 nitrogen and oxygen atoms in total. The Morgan fingerprint density at radius 1 is 1.67 bits per heavy atom. The summed E-state index contributed by atoms with van der Waals surface area (Å²) in [6, 6.07) is 1.98. The van der Waals surface area contributed by atoms with E-state index in [0.717, 1.165) is 18.4 Å².